The summed E-state index contributed by atoms with van der Waals surface area (Å²) in [4.78, 5) is 16.1. The Hall–Kier alpha value is -8.73. The molecule has 0 aliphatic carbocycles. The number of hydrogen-bond donors (Lipinski definition) is 0. The van der Waals surface area contributed by atoms with Crippen molar-refractivity contribution in [1.29, 1.82) is 0 Å². The van der Waals surface area contributed by atoms with Crippen molar-refractivity contribution in [3.63, 3.8) is 0 Å². The average Bonchev–Trinajstić information content (AvgIpc) is 3.70. The van der Waals surface area contributed by atoms with E-state index >= 15 is 0 Å². The molecule has 2 aromatic heterocycles. The van der Waals surface area contributed by atoms with Gasteiger partial charge in [0, 0.05) is 32.8 Å². The van der Waals surface area contributed by atoms with E-state index in [0.29, 0.717) is 17.5 Å². The fourth-order valence-electron chi connectivity index (χ4n) is 9.89. The molecule has 11 aromatic carbocycles. The lowest BCUT2D eigenvalue weighted by Gasteiger charge is -2.17. The molecule has 13 rings (SSSR count). The predicted octanol–water partition coefficient (Wildman–Crippen LogP) is 15.9. The van der Waals surface area contributed by atoms with E-state index in [-0.39, 0.29) is 0 Å². The van der Waals surface area contributed by atoms with Gasteiger partial charge in [0.15, 0.2) is 17.5 Å². The van der Waals surface area contributed by atoms with E-state index < -0.39 is 0 Å². The van der Waals surface area contributed by atoms with E-state index in [1.807, 2.05) is 6.07 Å². The molecule has 0 fully saturated rings. The molecule has 0 atom stereocenters. The van der Waals surface area contributed by atoms with Gasteiger partial charge in [-0.25, -0.2) is 15.0 Å². The molecule has 13 aromatic rings. The van der Waals surface area contributed by atoms with Crippen LogP contribution in [-0.4, -0.2) is 19.5 Å². The van der Waals surface area contributed by atoms with Gasteiger partial charge in [-0.2, -0.15) is 0 Å². The third-order valence-electron chi connectivity index (χ3n) is 13.0. The number of aromatic nitrogens is 4. The first-order valence-electron chi connectivity index (χ1n) is 22.1. The smallest absolute Gasteiger partial charge is 0.164 e. The van der Waals surface area contributed by atoms with Crippen molar-refractivity contribution in [3.05, 3.63) is 231 Å². The SMILES string of the molecule is c1ccc(-c2ccc3c(-c4nc(-c5ccc6ccccc6c5)nc(-c5ccccc5-c5ccccc5)n4)ccc(-n4c5cc6ccccc6cc5c5c6ccccc6ccc54)c3c2)cc1. The minimum atomic E-state index is 0.615. The van der Waals surface area contributed by atoms with Gasteiger partial charge in [-0.15, -0.1) is 0 Å². The summed E-state index contributed by atoms with van der Waals surface area (Å²) in [5, 5.41) is 11.8. The van der Waals surface area contributed by atoms with Gasteiger partial charge < -0.3 is 4.57 Å². The molecule has 4 heteroatoms. The maximum Gasteiger partial charge on any atom is 0.164 e. The Morgan fingerprint density at radius 3 is 1.63 bits per heavy atom. The summed E-state index contributed by atoms with van der Waals surface area (Å²) in [6, 6.07) is 82.4. The molecular formula is C61H38N4. The van der Waals surface area contributed by atoms with Crippen molar-refractivity contribution in [2.24, 2.45) is 0 Å². The predicted molar refractivity (Wildman–Crippen MR) is 271 cm³/mol. The highest BCUT2D eigenvalue weighted by Gasteiger charge is 2.22. The van der Waals surface area contributed by atoms with Crippen LogP contribution in [0.25, 0.3) is 127 Å². The van der Waals surface area contributed by atoms with Crippen LogP contribution >= 0.6 is 0 Å². The number of benzene rings is 11. The van der Waals surface area contributed by atoms with Crippen LogP contribution in [0.4, 0.5) is 0 Å². The van der Waals surface area contributed by atoms with E-state index in [0.717, 1.165) is 71.8 Å². The van der Waals surface area contributed by atoms with E-state index in [1.54, 1.807) is 0 Å². The lowest BCUT2D eigenvalue weighted by molar-refractivity contribution is 1.08. The second kappa shape index (κ2) is 15.0. The van der Waals surface area contributed by atoms with Crippen molar-refractivity contribution in [2.75, 3.05) is 0 Å². The lowest BCUT2D eigenvalue weighted by Crippen LogP contribution is -2.02. The summed E-state index contributed by atoms with van der Waals surface area (Å²) in [7, 11) is 0. The number of hydrogen-bond acceptors (Lipinski definition) is 3. The molecule has 65 heavy (non-hydrogen) atoms. The van der Waals surface area contributed by atoms with E-state index in [2.05, 4.69) is 229 Å². The molecule has 0 aliphatic rings. The Bertz CT molecular complexity index is 4000. The van der Waals surface area contributed by atoms with Gasteiger partial charge >= 0.3 is 0 Å². The fraction of sp³-hybridized carbons (Fsp3) is 0. The van der Waals surface area contributed by atoms with Crippen molar-refractivity contribution < 1.29 is 0 Å². The molecule has 0 spiro atoms. The summed E-state index contributed by atoms with van der Waals surface area (Å²) in [6.07, 6.45) is 0. The third-order valence-corrected chi connectivity index (χ3v) is 13.0. The summed E-state index contributed by atoms with van der Waals surface area (Å²) >= 11 is 0. The summed E-state index contributed by atoms with van der Waals surface area (Å²) in [5.41, 5.74) is 10.7. The molecule has 0 amide bonds. The fourth-order valence-corrected chi connectivity index (χ4v) is 9.89. The minimum Gasteiger partial charge on any atom is -0.309 e. The maximum absolute atomic E-state index is 5.41. The minimum absolute atomic E-state index is 0.615. The Kier molecular flexibility index (Phi) is 8.50. The zero-order valence-corrected chi connectivity index (χ0v) is 35.2. The first-order chi connectivity index (χ1) is 32.2. The number of nitrogens with zero attached hydrogens (tertiary/aromatic N) is 4. The molecule has 302 valence electrons. The highest BCUT2D eigenvalue weighted by atomic mass is 15.0. The normalized spacial score (nSPS) is 11.7. The van der Waals surface area contributed by atoms with Crippen LogP contribution in [0.3, 0.4) is 0 Å². The maximum atomic E-state index is 5.41. The third kappa shape index (κ3) is 6.18. The van der Waals surface area contributed by atoms with Gasteiger partial charge in [0.05, 0.1) is 16.7 Å². The van der Waals surface area contributed by atoms with Crippen molar-refractivity contribution >= 4 is 64.9 Å². The monoisotopic (exact) mass is 826 g/mol. The summed E-state index contributed by atoms with van der Waals surface area (Å²) in [5.74, 6) is 1.86. The summed E-state index contributed by atoms with van der Waals surface area (Å²) < 4.78 is 2.47. The topological polar surface area (TPSA) is 43.6 Å². The van der Waals surface area contributed by atoms with Gasteiger partial charge in [-0.1, -0.05) is 188 Å². The standard InChI is InChI=1S/C61H38N4/c1-3-15-39(16-4-1)46-29-31-50-52(32-34-55(53(50)36-46)65-56-33-30-42-20-11-12-25-49(42)58(56)54-37-44-22-9-10-23-45(44)38-57(54)65)61-63-59(47-28-27-40-17-7-8-21-43(40)35-47)62-60(64-61)51-26-14-13-24-48(51)41-18-5-2-6-19-41/h1-38H. The highest BCUT2D eigenvalue weighted by Crippen LogP contribution is 2.43. The molecule has 0 bridgehead atoms. The number of fused-ring (bicyclic) bond motifs is 8. The van der Waals surface area contributed by atoms with Crippen LogP contribution in [0.5, 0.6) is 0 Å². The van der Waals surface area contributed by atoms with Gasteiger partial charge in [-0.3, -0.25) is 0 Å². The van der Waals surface area contributed by atoms with E-state index in [1.165, 1.54) is 37.7 Å². The first-order valence-corrected chi connectivity index (χ1v) is 22.1. The van der Waals surface area contributed by atoms with Crippen molar-refractivity contribution in [2.45, 2.75) is 0 Å². The average molecular weight is 827 g/mol. The quantitative estimate of drug-likeness (QED) is 0.168. The van der Waals surface area contributed by atoms with Crippen LogP contribution in [0.15, 0.2) is 231 Å². The Morgan fingerprint density at radius 1 is 0.262 bits per heavy atom. The molecule has 0 N–H and O–H groups in total. The summed E-state index contributed by atoms with van der Waals surface area (Å²) in [6.45, 7) is 0. The first kappa shape index (κ1) is 36.9. The molecule has 0 radical (unpaired) electrons. The van der Waals surface area contributed by atoms with Gasteiger partial charge in [-0.05, 0) is 102 Å². The lowest BCUT2D eigenvalue weighted by atomic mass is 9.96. The Labute approximate surface area is 375 Å². The van der Waals surface area contributed by atoms with E-state index in [4.69, 9.17) is 15.0 Å². The zero-order valence-electron chi connectivity index (χ0n) is 35.2. The molecular weight excluding hydrogens is 789 g/mol. The highest BCUT2D eigenvalue weighted by molar-refractivity contribution is 6.24. The molecule has 0 saturated carbocycles. The van der Waals surface area contributed by atoms with Crippen molar-refractivity contribution in [3.8, 4) is 62.1 Å². The van der Waals surface area contributed by atoms with Crippen molar-refractivity contribution in [1.82, 2.24) is 19.5 Å². The molecule has 0 unspecified atom stereocenters. The van der Waals surface area contributed by atoms with Crippen LogP contribution in [0.1, 0.15) is 0 Å². The number of rotatable bonds is 6. The molecule has 0 aliphatic heterocycles. The second-order valence-electron chi connectivity index (χ2n) is 16.8. The molecule has 0 saturated heterocycles. The Balaban J connectivity index is 1.11. The van der Waals surface area contributed by atoms with Gasteiger partial charge in [0.2, 0.25) is 0 Å². The van der Waals surface area contributed by atoms with Gasteiger partial charge in [0.25, 0.3) is 0 Å². The Morgan fingerprint density at radius 2 is 0.846 bits per heavy atom. The van der Waals surface area contributed by atoms with Crippen LogP contribution in [0, 0.1) is 0 Å². The largest absolute Gasteiger partial charge is 0.309 e. The van der Waals surface area contributed by atoms with Crippen LogP contribution < -0.4 is 0 Å². The van der Waals surface area contributed by atoms with Gasteiger partial charge in [0.1, 0.15) is 0 Å². The molecule has 2 heterocycles. The second-order valence-corrected chi connectivity index (χ2v) is 16.8. The van der Waals surface area contributed by atoms with Crippen LogP contribution in [-0.2, 0) is 0 Å². The van der Waals surface area contributed by atoms with Crippen LogP contribution in [0.2, 0.25) is 0 Å². The molecule has 4 nitrogen and oxygen atoms in total. The van der Waals surface area contributed by atoms with E-state index in [9.17, 15) is 0 Å². The zero-order chi connectivity index (χ0) is 42.8.